The Hall–Kier alpha value is -2.35. The zero-order chi connectivity index (χ0) is 24.0. The van der Waals surface area contributed by atoms with Crippen LogP contribution in [0, 0.1) is 11.8 Å². The second-order valence-corrected chi connectivity index (χ2v) is 8.69. The number of rotatable bonds is 6. The number of hydrogen-bond acceptors (Lipinski definition) is 11. The molecule has 0 amide bonds. The van der Waals surface area contributed by atoms with Gasteiger partial charge in [0, 0.05) is 12.0 Å². The lowest BCUT2D eigenvalue weighted by molar-refractivity contribution is -0.348. The van der Waals surface area contributed by atoms with E-state index in [1.807, 2.05) is 30.3 Å². The van der Waals surface area contributed by atoms with E-state index in [4.69, 9.17) is 23.7 Å². The van der Waals surface area contributed by atoms with Crippen LogP contribution in [0.2, 0.25) is 0 Å². The molecule has 1 aromatic rings. The third kappa shape index (κ3) is 3.93. The molecule has 0 spiro atoms. The van der Waals surface area contributed by atoms with E-state index < -0.39 is 79.4 Å². The number of fused-ring (bicyclic) bond motifs is 3. The number of esters is 1. The summed E-state index contributed by atoms with van der Waals surface area (Å²) in [7, 11) is 0. The van der Waals surface area contributed by atoms with Crippen molar-refractivity contribution < 1.29 is 54.0 Å². The van der Waals surface area contributed by atoms with Crippen molar-refractivity contribution in [3.63, 3.8) is 0 Å². The van der Waals surface area contributed by atoms with Crippen molar-refractivity contribution in [1.29, 1.82) is 0 Å². The summed E-state index contributed by atoms with van der Waals surface area (Å²) in [5.74, 6) is -3.58. The monoisotopic (exact) mass is 478 g/mol. The standard InChI is InChI=1S/C23H26O11/c24-10-13-17(27)18(28)19(29)22(31-13)32-21-15-12(8-9-30-21)16(26)20-23(15,34-20)33-14(25)7-6-11-4-2-1-3-5-11/h1-9,12-13,15-22,24,26-29H,10H2/b7-6+/t12?,13-,15?,16+,17-,18+,19-,20-,21?,22-,23+/m1/s1. The number of aliphatic hydroxyl groups is 5. The molecule has 0 radical (unpaired) electrons. The number of epoxide rings is 1. The highest BCUT2D eigenvalue weighted by molar-refractivity contribution is 5.87. The maximum atomic E-state index is 12.6. The van der Waals surface area contributed by atoms with Gasteiger partial charge in [-0.3, -0.25) is 0 Å². The van der Waals surface area contributed by atoms with Crippen LogP contribution < -0.4 is 0 Å². The Morgan fingerprint density at radius 1 is 1.03 bits per heavy atom. The highest BCUT2D eigenvalue weighted by Gasteiger charge is 2.79. The Kier molecular flexibility index (Phi) is 6.21. The lowest BCUT2D eigenvalue weighted by atomic mass is 9.90. The minimum absolute atomic E-state index is 0.548. The smallest absolute Gasteiger partial charge is 0.333 e. The number of benzene rings is 1. The fourth-order valence-electron chi connectivity index (χ4n) is 4.82. The molecule has 34 heavy (non-hydrogen) atoms. The molecule has 11 heteroatoms. The summed E-state index contributed by atoms with van der Waals surface area (Å²) in [5.41, 5.74) is 0.794. The molecule has 4 aliphatic rings. The lowest BCUT2D eigenvalue weighted by Gasteiger charge is -2.42. The molecule has 5 N–H and O–H groups in total. The molecule has 3 fully saturated rings. The summed E-state index contributed by atoms with van der Waals surface area (Å²) in [4.78, 5) is 12.6. The number of aliphatic hydroxyl groups excluding tert-OH is 5. The first-order chi connectivity index (χ1) is 16.4. The number of carbonyl (C=O) groups is 1. The van der Waals surface area contributed by atoms with Crippen molar-refractivity contribution in [2.24, 2.45) is 11.8 Å². The Morgan fingerprint density at radius 2 is 1.79 bits per heavy atom. The summed E-state index contributed by atoms with van der Waals surface area (Å²) in [5, 5.41) is 50.4. The van der Waals surface area contributed by atoms with Crippen LogP contribution in [0.3, 0.4) is 0 Å². The normalized spacial score (nSPS) is 44.9. The Balaban J connectivity index is 1.33. The van der Waals surface area contributed by atoms with E-state index in [-0.39, 0.29) is 0 Å². The minimum atomic E-state index is -1.65. The van der Waals surface area contributed by atoms with E-state index in [1.165, 1.54) is 12.3 Å². The Bertz CT molecular complexity index is 949. The second-order valence-electron chi connectivity index (χ2n) is 8.69. The van der Waals surface area contributed by atoms with E-state index in [0.29, 0.717) is 0 Å². The van der Waals surface area contributed by atoms with Gasteiger partial charge in [-0.15, -0.1) is 0 Å². The molecule has 3 heterocycles. The summed E-state index contributed by atoms with van der Waals surface area (Å²) in [6.45, 7) is -0.624. The molecular weight excluding hydrogens is 452 g/mol. The molecular formula is C23H26O11. The summed E-state index contributed by atoms with van der Waals surface area (Å²) in [6, 6.07) is 9.14. The Labute approximate surface area is 194 Å². The molecule has 11 atom stereocenters. The van der Waals surface area contributed by atoms with Gasteiger partial charge >= 0.3 is 5.97 Å². The van der Waals surface area contributed by atoms with Crippen molar-refractivity contribution >= 4 is 12.0 Å². The van der Waals surface area contributed by atoms with Crippen molar-refractivity contribution in [2.75, 3.05) is 6.61 Å². The van der Waals surface area contributed by atoms with Crippen LogP contribution in [0.1, 0.15) is 5.56 Å². The van der Waals surface area contributed by atoms with Crippen LogP contribution >= 0.6 is 0 Å². The van der Waals surface area contributed by atoms with Gasteiger partial charge in [-0.25, -0.2) is 4.79 Å². The molecule has 0 bridgehead atoms. The number of ether oxygens (including phenoxy) is 5. The van der Waals surface area contributed by atoms with Crippen molar-refractivity contribution in [3.8, 4) is 0 Å². The van der Waals surface area contributed by atoms with Crippen LogP contribution in [-0.2, 0) is 28.5 Å². The maximum Gasteiger partial charge on any atom is 0.333 e. The first-order valence-corrected chi connectivity index (χ1v) is 11.0. The van der Waals surface area contributed by atoms with Gasteiger partial charge in [0.15, 0.2) is 12.4 Å². The quantitative estimate of drug-likeness (QED) is 0.186. The molecule has 1 saturated carbocycles. The van der Waals surface area contributed by atoms with E-state index in [2.05, 4.69) is 0 Å². The van der Waals surface area contributed by atoms with Crippen LogP contribution in [0.4, 0.5) is 0 Å². The molecule has 1 aliphatic carbocycles. The van der Waals surface area contributed by atoms with Crippen LogP contribution in [0.5, 0.6) is 0 Å². The minimum Gasteiger partial charge on any atom is -0.472 e. The molecule has 5 rings (SSSR count). The lowest BCUT2D eigenvalue weighted by Crippen LogP contribution is -2.60. The van der Waals surface area contributed by atoms with E-state index in [0.717, 1.165) is 5.56 Å². The summed E-state index contributed by atoms with van der Waals surface area (Å²) >= 11 is 0. The van der Waals surface area contributed by atoms with E-state index >= 15 is 0 Å². The highest BCUT2D eigenvalue weighted by atomic mass is 16.8. The van der Waals surface area contributed by atoms with Gasteiger partial charge in [0.2, 0.25) is 6.29 Å². The average molecular weight is 478 g/mol. The van der Waals surface area contributed by atoms with Gasteiger partial charge in [0.1, 0.15) is 24.4 Å². The zero-order valence-electron chi connectivity index (χ0n) is 17.9. The van der Waals surface area contributed by atoms with Crippen LogP contribution in [0.25, 0.3) is 6.08 Å². The SMILES string of the molecule is O=C(/C=C/c1ccccc1)O[C@@]12O[C@@H]1[C@@H](O)C1C=COC(O[C@H]3O[C@H](CO)[C@@H](O)[C@H](O)[C@H]3O)C12. The predicted molar refractivity (Wildman–Crippen MR) is 111 cm³/mol. The molecule has 2 saturated heterocycles. The third-order valence-corrected chi connectivity index (χ3v) is 6.63. The topological polar surface area (TPSA) is 168 Å². The average Bonchev–Trinajstić information content (AvgIpc) is 3.51. The van der Waals surface area contributed by atoms with Crippen LogP contribution in [0.15, 0.2) is 48.7 Å². The van der Waals surface area contributed by atoms with Crippen molar-refractivity contribution in [3.05, 3.63) is 54.3 Å². The second kappa shape index (κ2) is 9.02. The third-order valence-electron chi connectivity index (χ3n) is 6.63. The molecule has 184 valence electrons. The fraction of sp³-hybridized carbons (Fsp3) is 0.522. The van der Waals surface area contributed by atoms with Gasteiger partial charge in [0.25, 0.3) is 5.79 Å². The van der Waals surface area contributed by atoms with Crippen LogP contribution in [-0.4, -0.2) is 93.1 Å². The van der Waals surface area contributed by atoms with Gasteiger partial charge in [-0.1, -0.05) is 30.3 Å². The summed E-state index contributed by atoms with van der Waals surface area (Å²) in [6.07, 6.45) is -4.75. The predicted octanol–water partition coefficient (Wildman–Crippen LogP) is -1.37. The summed E-state index contributed by atoms with van der Waals surface area (Å²) < 4.78 is 28.0. The largest absolute Gasteiger partial charge is 0.472 e. The maximum absolute atomic E-state index is 12.6. The van der Waals surface area contributed by atoms with Gasteiger partial charge in [-0.05, 0) is 17.7 Å². The number of carbonyl (C=O) groups excluding carboxylic acids is 1. The van der Waals surface area contributed by atoms with Crippen molar-refractivity contribution in [2.45, 2.75) is 55.0 Å². The first kappa shape index (κ1) is 23.4. The first-order valence-electron chi connectivity index (χ1n) is 11.0. The van der Waals surface area contributed by atoms with Gasteiger partial charge in [-0.2, -0.15) is 0 Å². The molecule has 11 nitrogen and oxygen atoms in total. The molecule has 3 aliphatic heterocycles. The molecule has 0 aromatic heterocycles. The van der Waals surface area contributed by atoms with Crippen molar-refractivity contribution in [1.82, 2.24) is 0 Å². The number of hydrogen-bond donors (Lipinski definition) is 5. The Morgan fingerprint density at radius 3 is 2.53 bits per heavy atom. The van der Waals surface area contributed by atoms with Gasteiger partial charge < -0.3 is 49.2 Å². The molecule has 1 aromatic carbocycles. The fourth-order valence-corrected chi connectivity index (χ4v) is 4.82. The van der Waals surface area contributed by atoms with E-state index in [1.54, 1.807) is 12.2 Å². The highest BCUT2D eigenvalue weighted by Crippen LogP contribution is 2.60. The van der Waals surface area contributed by atoms with E-state index in [9.17, 15) is 30.3 Å². The molecule has 3 unspecified atom stereocenters. The zero-order valence-corrected chi connectivity index (χ0v) is 17.9. The van der Waals surface area contributed by atoms with Gasteiger partial charge in [0.05, 0.1) is 24.9 Å².